The van der Waals surface area contributed by atoms with Crippen molar-refractivity contribution in [2.45, 2.75) is 58.4 Å². The van der Waals surface area contributed by atoms with Gasteiger partial charge in [-0.3, -0.25) is 0 Å². The molecule has 3 heteroatoms. The van der Waals surface area contributed by atoms with Crippen LogP contribution in [-0.2, 0) is 0 Å². The number of anilines is 1. The quantitative estimate of drug-likeness (QED) is 0.774. The van der Waals surface area contributed by atoms with Gasteiger partial charge in [-0.1, -0.05) is 31.9 Å². The molecule has 0 bridgehead atoms. The van der Waals surface area contributed by atoms with Crippen LogP contribution in [-0.4, -0.2) is 12.1 Å². The molecular weight excluding hydrogens is 268 g/mol. The lowest BCUT2D eigenvalue weighted by Gasteiger charge is -2.47. The van der Waals surface area contributed by atoms with Gasteiger partial charge in [0.1, 0.15) is 6.07 Å². The lowest BCUT2D eigenvalue weighted by molar-refractivity contribution is 0.374. The summed E-state index contributed by atoms with van der Waals surface area (Å²) in [6, 6.07) is 6.17. The molecule has 20 heavy (non-hydrogen) atoms. The number of hydrogen-bond acceptors (Lipinski definition) is 2. The fraction of sp³-hybridized carbons (Fsp3) is 0.588. The van der Waals surface area contributed by atoms with Crippen LogP contribution < -0.4 is 4.90 Å². The third-order valence-electron chi connectivity index (χ3n) is 4.33. The second-order valence-electron chi connectivity index (χ2n) is 6.43. The zero-order valence-electron chi connectivity index (χ0n) is 12.8. The third kappa shape index (κ3) is 2.65. The molecule has 0 spiro atoms. The zero-order chi connectivity index (χ0) is 14.9. The molecule has 1 aromatic carbocycles. The van der Waals surface area contributed by atoms with Gasteiger partial charge in [0, 0.05) is 17.8 Å². The smallest absolute Gasteiger partial charge is 0.101 e. The molecular formula is C17H23ClN2. The summed E-state index contributed by atoms with van der Waals surface area (Å²) in [5, 5.41) is 9.74. The summed E-state index contributed by atoms with van der Waals surface area (Å²) in [6.45, 7) is 10.1. The van der Waals surface area contributed by atoms with Gasteiger partial charge in [0.15, 0.2) is 0 Å². The van der Waals surface area contributed by atoms with Crippen LogP contribution in [0, 0.1) is 11.3 Å². The molecule has 0 N–H and O–H groups in total. The van der Waals surface area contributed by atoms with E-state index >= 15 is 0 Å². The molecule has 2 rings (SSSR count). The van der Waals surface area contributed by atoms with Crippen LogP contribution in [0.25, 0.3) is 0 Å². The van der Waals surface area contributed by atoms with E-state index in [2.05, 4.69) is 38.7 Å². The molecule has 0 aromatic heterocycles. The van der Waals surface area contributed by atoms with Crippen molar-refractivity contribution in [3.63, 3.8) is 0 Å². The van der Waals surface area contributed by atoms with E-state index in [4.69, 9.17) is 16.9 Å². The average Bonchev–Trinajstić information content (AvgIpc) is 2.37. The van der Waals surface area contributed by atoms with Crippen molar-refractivity contribution in [3.8, 4) is 6.07 Å². The minimum absolute atomic E-state index is 0.138. The molecule has 1 aromatic rings. The summed E-state index contributed by atoms with van der Waals surface area (Å²) < 4.78 is 0. The van der Waals surface area contributed by atoms with Crippen LogP contribution in [0.5, 0.6) is 0 Å². The molecule has 0 amide bonds. The fourth-order valence-electron chi connectivity index (χ4n) is 3.33. The number of halogens is 1. The van der Waals surface area contributed by atoms with Gasteiger partial charge >= 0.3 is 0 Å². The van der Waals surface area contributed by atoms with Gasteiger partial charge in [0.2, 0.25) is 0 Å². The van der Waals surface area contributed by atoms with Gasteiger partial charge in [-0.15, -0.1) is 0 Å². The molecule has 1 heterocycles. The molecule has 0 saturated heterocycles. The molecule has 0 aliphatic carbocycles. The van der Waals surface area contributed by atoms with Crippen LogP contribution in [0.4, 0.5) is 5.69 Å². The van der Waals surface area contributed by atoms with E-state index in [-0.39, 0.29) is 5.54 Å². The van der Waals surface area contributed by atoms with E-state index in [1.807, 2.05) is 12.1 Å². The van der Waals surface area contributed by atoms with Gasteiger partial charge in [-0.05, 0) is 50.3 Å². The Balaban J connectivity index is 2.52. The van der Waals surface area contributed by atoms with Gasteiger partial charge in [-0.25, -0.2) is 0 Å². The first kappa shape index (κ1) is 15.2. The summed E-state index contributed by atoms with van der Waals surface area (Å²) in [5.41, 5.74) is 3.21. The molecule has 108 valence electrons. The van der Waals surface area contributed by atoms with Crippen LogP contribution in [0.3, 0.4) is 0 Å². The van der Waals surface area contributed by atoms with Gasteiger partial charge in [0.25, 0.3) is 0 Å². The first-order chi connectivity index (χ1) is 9.40. The Kier molecular flexibility index (Phi) is 4.30. The topological polar surface area (TPSA) is 27.0 Å². The Labute approximate surface area is 127 Å². The second kappa shape index (κ2) is 5.66. The molecule has 1 atom stereocenters. The molecule has 0 radical (unpaired) electrons. The Morgan fingerprint density at radius 1 is 1.45 bits per heavy atom. The van der Waals surface area contributed by atoms with Crippen molar-refractivity contribution in [1.82, 2.24) is 0 Å². The molecule has 0 saturated carbocycles. The van der Waals surface area contributed by atoms with Crippen molar-refractivity contribution in [3.05, 3.63) is 28.3 Å². The van der Waals surface area contributed by atoms with Crippen molar-refractivity contribution in [1.29, 1.82) is 5.26 Å². The summed E-state index contributed by atoms with van der Waals surface area (Å²) in [5.74, 6) is 0.460. The maximum absolute atomic E-state index is 9.17. The fourth-order valence-corrected chi connectivity index (χ4v) is 3.53. The van der Waals surface area contributed by atoms with Crippen LogP contribution in [0.1, 0.15) is 64.0 Å². The molecule has 2 nitrogen and oxygen atoms in total. The van der Waals surface area contributed by atoms with E-state index in [1.54, 1.807) is 0 Å². The van der Waals surface area contributed by atoms with Crippen molar-refractivity contribution in [2.75, 3.05) is 11.4 Å². The highest BCUT2D eigenvalue weighted by Crippen LogP contribution is 2.45. The predicted molar refractivity (Wildman–Crippen MR) is 85.5 cm³/mol. The lowest BCUT2D eigenvalue weighted by Crippen LogP contribution is -2.48. The van der Waals surface area contributed by atoms with E-state index in [1.165, 1.54) is 24.1 Å². The van der Waals surface area contributed by atoms with E-state index in [0.717, 1.165) is 13.0 Å². The highest BCUT2D eigenvalue weighted by atomic mass is 35.5. The summed E-state index contributed by atoms with van der Waals surface area (Å²) in [7, 11) is 0. The highest BCUT2D eigenvalue weighted by Gasteiger charge is 2.36. The third-order valence-corrected chi connectivity index (χ3v) is 4.64. The Bertz CT molecular complexity index is 543. The predicted octanol–water partition coefficient (Wildman–Crippen LogP) is 5.10. The zero-order valence-corrected chi connectivity index (χ0v) is 13.6. The Morgan fingerprint density at radius 2 is 2.15 bits per heavy atom. The number of benzene rings is 1. The average molecular weight is 291 g/mol. The molecule has 0 fully saturated rings. The monoisotopic (exact) mass is 290 g/mol. The Hall–Kier alpha value is -1.20. The Morgan fingerprint density at radius 3 is 2.75 bits per heavy atom. The maximum Gasteiger partial charge on any atom is 0.101 e. The number of fused-ring (bicyclic) bond motifs is 1. The SMILES string of the molecule is CCCCN1c2cc(Cl)c(C#N)cc2[C@@H](C)CC1(C)C. The minimum atomic E-state index is 0.138. The van der Waals surface area contributed by atoms with Crippen LogP contribution >= 0.6 is 11.6 Å². The summed E-state index contributed by atoms with van der Waals surface area (Å²) in [6.07, 6.45) is 3.46. The van der Waals surface area contributed by atoms with Crippen LogP contribution in [0.2, 0.25) is 5.02 Å². The first-order valence-corrected chi connectivity index (χ1v) is 7.79. The number of nitrogens with zero attached hydrogens (tertiary/aromatic N) is 2. The van der Waals surface area contributed by atoms with E-state index in [0.29, 0.717) is 16.5 Å². The number of unbranched alkanes of at least 4 members (excludes halogenated alkanes) is 1. The largest absolute Gasteiger partial charge is 0.366 e. The normalized spacial score (nSPS) is 20.4. The summed E-state index contributed by atoms with van der Waals surface area (Å²) >= 11 is 6.25. The van der Waals surface area contributed by atoms with Gasteiger partial charge in [-0.2, -0.15) is 5.26 Å². The van der Waals surface area contributed by atoms with Gasteiger partial charge < -0.3 is 4.90 Å². The van der Waals surface area contributed by atoms with E-state index in [9.17, 15) is 0 Å². The van der Waals surface area contributed by atoms with Crippen molar-refractivity contribution >= 4 is 17.3 Å². The minimum Gasteiger partial charge on any atom is -0.366 e. The first-order valence-electron chi connectivity index (χ1n) is 7.42. The molecule has 0 unspecified atom stereocenters. The molecule has 1 aliphatic heterocycles. The summed E-state index contributed by atoms with van der Waals surface area (Å²) in [4.78, 5) is 2.47. The number of hydrogen-bond donors (Lipinski definition) is 0. The standard InChI is InChI=1S/C17H23ClN2/c1-5-6-7-20-16-9-15(18)13(11-19)8-14(16)12(2)10-17(20,3)4/h8-9,12H,5-7,10H2,1-4H3/t12-/m0/s1. The number of rotatable bonds is 3. The maximum atomic E-state index is 9.17. The highest BCUT2D eigenvalue weighted by molar-refractivity contribution is 6.32. The van der Waals surface area contributed by atoms with Gasteiger partial charge in [0.05, 0.1) is 10.6 Å². The van der Waals surface area contributed by atoms with Crippen LogP contribution in [0.15, 0.2) is 12.1 Å². The molecule has 1 aliphatic rings. The van der Waals surface area contributed by atoms with Crippen molar-refractivity contribution < 1.29 is 0 Å². The number of nitriles is 1. The van der Waals surface area contributed by atoms with E-state index < -0.39 is 0 Å². The van der Waals surface area contributed by atoms with Crippen molar-refractivity contribution in [2.24, 2.45) is 0 Å². The second-order valence-corrected chi connectivity index (χ2v) is 6.83. The lowest BCUT2D eigenvalue weighted by atomic mass is 9.79.